The Labute approximate surface area is 157 Å². The van der Waals surface area contributed by atoms with Crippen molar-refractivity contribution in [2.75, 3.05) is 11.5 Å². The third kappa shape index (κ3) is 3.94. The Morgan fingerprint density at radius 2 is 1.52 bits per heavy atom. The van der Waals surface area contributed by atoms with Crippen LogP contribution in [0.2, 0.25) is 0 Å². The van der Waals surface area contributed by atoms with Crippen LogP contribution in [0, 0.1) is 29.1 Å². The summed E-state index contributed by atoms with van der Waals surface area (Å²) in [5.41, 5.74) is -0.651. The molecule has 1 heterocycles. The third-order valence-corrected chi connectivity index (χ3v) is 5.18. The number of hydrogen-bond acceptors (Lipinski definition) is 6. The Morgan fingerprint density at radius 1 is 0.966 bits per heavy atom. The largest absolute Gasteiger partial charge is 0.524 e. The van der Waals surface area contributed by atoms with Gasteiger partial charge >= 0.3 is 7.82 Å². The standard InChI is InChI=1S/C13H7F5NO8PS/c14-7-8(15)10(17)13(11(18)9(7)16)29(23,24)19-4-1-5-12(26-3-25-5)6(2-4)27-28(20,21)22/h1-2,19H,3H2,(H2,20,21,22). The molecule has 0 bridgehead atoms. The van der Waals surface area contributed by atoms with E-state index in [0.717, 1.165) is 6.07 Å². The summed E-state index contributed by atoms with van der Waals surface area (Å²) in [6.45, 7) is -0.444. The van der Waals surface area contributed by atoms with E-state index in [1.807, 2.05) is 0 Å². The lowest BCUT2D eigenvalue weighted by molar-refractivity contribution is 0.171. The second-order valence-corrected chi connectivity index (χ2v) is 8.08. The molecule has 16 heteroatoms. The molecule has 0 saturated heterocycles. The van der Waals surface area contributed by atoms with Gasteiger partial charge in [0.15, 0.2) is 39.7 Å². The maximum Gasteiger partial charge on any atom is 0.524 e. The molecule has 2 aromatic carbocycles. The number of halogens is 5. The first-order valence-electron chi connectivity index (χ1n) is 7.05. The van der Waals surface area contributed by atoms with Gasteiger partial charge in [-0.05, 0) is 0 Å². The Kier molecular flexibility index (Phi) is 5.11. The quantitative estimate of drug-likeness (QED) is 0.267. The van der Waals surface area contributed by atoms with Crippen LogP contribution in [0.5, 0.6) is 17.2 Å². The molecule has 0 aromatic heterocycles. The number of sulfonamides is 1. The van der Waals surface area contributed by atoms with Crippen molar-refractivity contribution in [3.05, 3.63) is 41.2 Å². The van der Waals surface area contributed by atoms with Crippen molar-refractivity contribution in [2.24, 2.45) is 0 Å². The molecule has 0 atom stereocenters. The molecule has 158 valence electrons. The first kappa shape index (κ1) is 21.1. The number of phosphoric ester groups is 1. The molecule has 3 rings (SSSR count). The van der Waals surface area contributed by atoms with Gasteiger partial charge in [0.2, 0.25) is 18.4 Å². The van der Waals surface area contributed by atoms with Crippen molar-refractivity contribution in [1.82, 2.24) is 0 Å². The van der Waals surface area contributed by atoms with Gasteiger partial charge in [-0.2, -0.15) is 0 Å². The van der Waals surface area contributed by atoms with Gasteiger partial charge in [-0.15, -0.1) is 0 Å². The Bertz CT molecular complexity index is 1140. The zero-order valence-corrected chi connectivity index (χ0v) is 15.2. The molecule has 1 aliphatic heterocycles. The van der Waals surface area contributed by atoms with Gasteiger partial charge in [-0.25, -0.2) is 34.9 Å². The minimum absolute atomic E-state index is 0.286. The molecule has 0 radical (unpaired) electrons. The van der Waals surface area contributed by atoms with Gasteiger partial charge in [0.25, 0.3) is 10.0 Å². The SMILES string of the molecule is O=P(O)(O)Oc1cc(NS(=O)(=O)c2c(F)c(F)c(F)c(F)c2F)cc2c1OCO2. The first-order chi connectivity index (χ1) is 13.3. The summed E-state index contributed by atoms with van der Waals surface area (Å²) in [5.74, 6) is -14.1. The molecule has 1 aliphatic rings. The van der Waals surface area contributed by atoms with Crippen molar-refractivity contribution in [1.29, 1.82) is 0 Å². The van der Waals surface area contributed by atoms with Crippen molar-refractivity contribution in [3.63, 3.8) is 0 Å². The molecule has 0 fully saturated rings. The lowest BCUT2D eigenvalue weighted by Crippen LogP contribution is -2.19. The minimum Gasteiger partial charge on any atom is -0.453 e. The number of hydrogen-bond donors (Lipinski definition) is 3. The number of anilines is 1. The van der Waals surface area contributed by atoms with Crippen LogP contribution >= 0.6 is 7.82 Å². The number of phosphoric acid groups is 1. The predicted molar refractivity (Wildman–Crippen MR) is 82.3 cm³/mol. The van der Waals surface area contributed by atoms with E-state index in [-0.39, 0.29) is 11.5 Å². The second-order valence-electron chi connectivity index (χ2n) is 5.29. The highest BCUT2D eigenvalue weighted by molar-refractivity contribution is 7.92. The molecule has 9 nitrogen and oxygen atoms in total. The normalized spacial score (nSPS) is 13.5. The maximum atomic E-state index is 13.8. The van der Waals surface area contributed by atoms with Crippen LogP contribution in [0.15, 0.2) is 17.0 Å². The second kappa shape index (κ2) is 7.02. The Morgan fingerprint density at radius 3 is 2.07 bits per heavy atom. The molecular formula is C13H7F5NO8PS. The van der Waals surface area contributed by atoms with Gasteiger partial charge in [0.1, 0.15) is 0 Å². The average Bonchev–Trinajstić information content (AvgIpc) is 3.05. The summed E-state index contributed by atoms with van der Waals surface area (Å²) in [4.78, 5) is 15.6. The van der Waals surface area contributed by atoms with E-state index in [0.29, 0.717) is 6.07 Å². The highest BCUT2D eigenvalue weighted by Gasteiger charge is 2.34. The van der Waals surface area contributed by atoms with E-state index in [4.69, 9.17) is 19.3 Å². The smallest absolute Gasteiger partial charge is 0.453 e. The Balaban J connectivity index is 2.09. The van der Waals surface area contributed by atoms with Gasteiger partial charge in [0.05, 0.1) is 5.69 Å². The predicted octanol–water partition coefficient (Wildman–Crippen LogP) is 2.38. The fourth-order valence-electron chi connectivity index (χ4n) is 2.26. The number of benzene rings is 2. The van der Waals surface area contributed by atoms with Crippen LogP contribution in [-0.4, -0.2) is 25.0 Å². The summed E-state index contributed by atoms with van der Waals surface area (Å²) in [7, 11) is -10.6. The van der Waals surface area contributed by atoms with Gasteiger partial charge in [-0.1, -0.05) is 0 Å². The number of ether oxygens (including phenoxy) is 2. The molecule has 0 unspecified atom stereocenters. The van der Waals surface area contributed by atoms with Crippen LogP contribution in [0.1, 0.15) is 0 Å². The minimum atomic E-state index is -5.41. The molecule has 0 spiro atoms. The number of nitrogens with one attached hydrogen (secondary N) is 1. The fourth-order valence-corrected chi connectivity index (χ4v) is 3.83. The topological polar surface area (TPSA) is 131 Å². The molecular weight excluding hydrogens is 456 g/mol. The monoisotopic (exact) mass is 463 g/mol. The summed E-state index contributed by atoms with van der Waals surface area (Å²) < 4.78 is 118. The summed E-state index contributed by atoms with van der Waals surface area (Å²) in [5, 5.41) is 0. The lowest BCUT2D eigenvalue weighted by atomic mass is 10.2. The van der Waals surface area contributed by atoms with Crippen LogP contribution in [-0.2, 0) is 14.6 Å². The zero-order chi connectivity index (χ0) is 21.7. The van der Waals surface area contributed by atoms with Crippen LogP contribution in [0.4, 0.5) is 27.6 Å². The van der Waals surface area contributed by atoms with E-state index in [1.54, 1.807) is 0 Å². The van der Waals surface area contributed by atoms with Gasteiger partial charge in [0, 0.05) is 12.1 Å². The van der Waals surface area contributed by atoms with Crippen molar-refractivity contribution in [3.8, 4) is 17.2 Å². The average molecular weight is 463 g/mol. The van der Waals surface area contributed by atoms with E-state index < -0.39 is 70.1 Å². The van der Waals surface area contributed by atoms with E-state index in [9.17, 15) is 34.9 Å². The maximum absolute atomic E-state index is 13.8. The molecule has 0 amide bonds. The summed E-state index contributed by atoms with van der Waals surface area (Å²) in [6, 6.07) is 1.49. The third-order valence-electron chi connectivity index (χ3n) is 3.35. The van der Waals surface area contributed by atoms with Crippen molar-refractivity contribution < 1.29 is 58.7 Å². The van der Waals surface area contributed by atoms with Gasteiger partial charge in [-0.3, -0.25) is 14.5 Å². The highest BCUT2D eigenvalue weighted by atomic mass is 32.2. The van der Waals surface area contributed by atoms with E-state index in [1.165, 1.54) is 4.72 Å². The van der Waals surface area contributed by atoms with Crippen LogP contribution < -0.4 is 18.7 Å². The van der Waals surface area contributed by atoms with E-state index >= 15 is 0 Å². The number of fused-ring (bicyclic) bond motifs is 1. The van der Waals surface area contributed by atoms with Crippen molar-refractivity contribution >= 4 is 23.5 Å². The summed E-state index contributed by atoms with van der Waals surface area (Å²) in [6.07, 6.45) is 0. The molecule has 2 aromatic rings. The first-order valence-corrected chi connectivity index (χ1v) is 10.1. The lowest BCUT2D eigenvalue weighted by Gasteiger charge is -2.14. The molecule has 3 N–H and O–H groups in total. The zero-order valence-electron chi connectivity index (χ0n) is 13.5. The fraction of sp³-hybridized carbons (Fsp3) is 0.0769. The van der Waals surface area contributed by atoms with Crippen LogP contribution in [0.3, 0.4) is 0 Å². The van der Waals surface area contributed by atoms with Gasteiger partial charge < -0.3 is 14.0 Å². The highest BCUT2D eigenvalue weighted by Crippen LogP contribution is 2.49. The van der Waals surface area contributed by atoms with Crippen LogP contribution in [0.25, 0.3) is 0 Å². The molecule has 29 heavy (non-hydrogen) atoms. The Hall–Kier alpha value is -2.61. The summed E-state index contributed by atoms with van der Waals surface area (Å²) >= 11 is 0. The molecule has 0 saturated carbocycles. The van der Waals surface area contributed by atoms with Crippen molar-refractivity contribution in [2.45, 2.75) is 4.90 Å². The van der Waals surface area contributed by atoms with E-state index in [2.05, 4.69) is 4.52 Å². The number of rotatable bonds is 5. The molecule has 0 aliphatic carbocycles.